The van der Waals surface area contributed by atoms with Gasteiger partial charge in [0.25, 0.3) is 23.6 Å². The third-order valence-electron chi connectivity index (χ3n) is 7.05. The van der Waals surface area contributed by atoms with Gasteiger partial charge in [0.05, 0.1) is 37.7 Å². The zero-order chi connectivity index (χ0) is 27.6. The minimum absolute atomic E-state index is 0.0456. The van der Waals surface area contributed by atoms with Gasteiger partial charge in [-0.1, -0.05) is 29.8 Å². The van der Waals surface area contributed by atoms with Crippen LogP contribution in [0.3, 0.4) is 0 Å². The number of carbonyl (C=O) groups excluding carboxylic acids is 4. The summed E-state index contributed by atoms with van der Waals surface area (Å²) < 4.78 is 26.0. The fourth-order valence-electron chi connectivity index (χ4n) is 4.82. The Morgan fingerprint density at radius 3 is 1.54 bits per heavy atom. The normalized spacial score (nSPS) is 14.7. The second kappa shape index (κ2) is 8.57. The molecule has 4 aromatic rings. The molecule has 0 atom stereocenters. The Hall–Kier alpha value is -4.89. The van der Waals surface area contributed by atoms with Crippen molar-refractivity contribution in [2.24, 2.45) is 0 Å². The van der Waals surface area contributed by atoms with Gasteiger partial charge in [-0.25, -0.2) is 13.3 Å². The molecular weight excluding hydrogens is 516 g/mol. The SMILES string of the molecule is Cc1ccc(S(=O)(=O)c2ccc(N3C(=O)c4ccc(-c5ccc6c(c5)C(=O)N(C)C6=O)cc4C3=O)cc2)cc1. The summed E-state index contributed by atoms with van der Waals surface area (Å²) in [6.45, 7) is 1.86. The van der Waals surface area contributed by atoms with Gasteiger partial charge in [0, 0.05) is 7.05 Å². The number of carbonyl (C=O) groups is 4. The van der Waals surface area contributed by atoms with Gasteiger partial charge >= 0.3 is 0 Å². The molecule has 0 radical (unpaired) electrons. The zero-order valence-electron chi connectivity index (χ0n) is 20.8. The average molecular weight is 537 g/mol. The van der Waals surface area contributed by atoms with Crippen LogP contribution in [0.1, 0.15) is 47.0 Å². The first-order valence-electron chi connectivity index (χ1n) is 12.0. The lowest BCUT2D eigenvalue weighted by Gasteiger charge is -2.14. The highest BCUT2D eigenvalue weighted by Gasteiger charge is 2.37. The second-order valence-corrected chi connectivity index (χ2v) is 11.4. The van der Waals surface area contributed by atoms with E-state index in [-0.39, 0.29) is 38.1 Å². The van der Waals surface area contributed by atoms with E-state index in [1.807, 2.05) is 6.92 Å². The van der Waals surface area contributed by atoms with Gasteiger partial charge in [0.1, 0.15) is 0 Å². The van der Waals surface area contributed by atoms with E-state index >= 15 is 0 Å². The molecule has 2 aliphatic rings. The molecule has 2 heterocycles. The smallest absolute Gasteiger partial charge is 0.266 e. The molecule has 0 saturated carbocycles. The summed E-state index contributed by atoms with van der Waals surface area (Å²) in [5.74, 6) is -1.84. The van der Waals surface area contributed by atoms with Crippen LogP contribution in [0.4, 0.5) is 5.69 Å². The van der Waals surface area contributed by atoms with Crippen molar-refractivity contribution in [1.82, 2.24) is 4.90 Å². The number of imide groups is 2. The molecule has 0 aliphatic carbocycles. The highest BCUT2D eigenvalue weighted by Crippen LogP contribution is 2.34. The first-order chi connectivity index (χ1) is 18.6. The van der Waals surface area contributed by atoms with E-state index in [2.05, 4.69) is 0 Å². The molecule has 39 heavy (non-hydrogen) atoms. The molecule has 9 heteroatoms. The van der Waals surface area contributed by atoms with E-state index in [4.69, 9.17) is 0 Å². The quantitative estimate of drug-likeness (QED) is 0.355. The maximum absolute atomic E-state index is 13.3. The minimum atomic E-state index is -3.76. The molecule has 0 spiro atoms. The van der Waals surface area contributed by atoms with Crippen molar-refractivity contribution < 1.29 is 27.6 Å². The molecule has 0 N–H and O–H groups in total. The summed E-state index contributed by atoms with van der Waals surface area (Å²) in [6, 6.07) is 21.8. The van der Waals surface area contributed by atoms with Crippen molar-refractivity contribution in [3.63, 3.8) is 0 Å². The van der Waals surface area contributed by atoms with Crippen molar-refractivity contribution in [3.8, 4) is 11.1 Å². The lowest BCUT2D eigenvalue weighted by molar-refractivity contribution is 0.0692. The summed E-state index contributed by atoms with van der Waals surface area (Å²) in [4.78, 5) is 53.4. The van der Waals surface area contributed by atoms with Gasteiger partial charge in [0.15, 0.2) is 0 Å². The molecule has 2 aliphatic heterocycles. The topological polar surface area (TPSA) is 109 Å². The van der Waals surface area contributed by atoms with E-state index in [1.54, 1.807) is 48.5 Å². The summed E-state index contributed by atoms with van der Waals surface area (Å²) in [5.41, 5.74) is 3.41. The average Bonchev–Trinajstić information content (AvgIpc) is 3.32. The molecule has 0 saturated heterocycles. The maximum Gasteiger partial charge on any atom is 0.266 e. The Labute approximate surface area is 224 Å². The molecule has 192 valence electrons. The zero-order valence-corrected chi connectivity index (χ0v) is 21.7. The van der Waals surface area contributed by atoms with Crippen LogP contribution in [0, 0.1) is 6.92 Å². The molecule has 4 amide bonds. The van der Waals surface area contributed by atoms with Crippen molar-refractivity contribution >= 4 is 39.2 Å². The van der Waals surface area contributed by atoms with Crippen LogP contribution in [0.15, 0.2) is 94.7 Å². The van der Waals surface area contributed by atoms with Gasteiger partial charge < -0.3 is 0 Å². The van der Waals surface area contributed by atoms with Gasteiger partial charge in [-0.3, -0.25) is 24.1 Å². The predicted octanol–water partition coefficient (Wildman–Crippen LogP) is 4.52. The van der Waals surface area contributed by atoms with Crippen LogP contribution in [-0.2, 0) is 9.84 Å². The van der Waals surface area contributed by atoms with E-state index in [9.17, 15) is 27.6 Å². The fraction of sp³-hybridized carbons (Fsp3) is 0.0667. The second-order valence-electron chi connectivity index (χ2n) is 9.45. The number of fused-ring (bicyclic) bond motifs is 2. The molecule has 0 aromatic heterocycles. The van der Waals surface area contributed by atoms with Gasteiger partial charge in [0.2, 0.25) is 9.84 Å². The van der Waals surface area contributed by atoms with Crippen molar-refractivity contribution in [2.45, 2.75) is 16.7 Å². The van der Waals surface area contributed by atoms with Crippen LogP contribution in [0.5, 0.6) is 0 Å². The Kier molecular flexibility index (Phi) is 5.37. The summed E-state index contributed by atoms with van der Waals surface area (Å²) in [7, 11) is -2.34. The molecular formula is C30H20N2O6S. The number of amides is 4. The van der Waals surface area contributed by atoms with Crippen LogP contribution in [0.2, 0.25) is 0 Å². The van der Waals surface area contributed by atoms with Gasteiger partial charge in [-0.15, -0.1) is 0 Å². The Morgan fingerprint density at radius 1 is 0.538 bits per heavy atom. The molecule has 8 nitrogen and oxygen atoms in total. The summed E-state index contributed by atoms with van der Waals surface area (Å²) in [5, 5.41) is 0. The number of rotatable bonds is 4. The van der Waals surface area contributed by atoms with E-state index in [0.717, 1.165) is 15.4 Å². The Morgan fingerprint density at radius 2 is 0.974 bits per heavy atom. The van der Waals surface area contributed by atoms with Crippen LogP contribution in [-0.4, -0.2) is 44.0 Å². The molecule has 4 aromatic carbocycles. The molecule has 6 rings (SSSR count). The van der Waals surface area contributed by atoms with Gasteiger partial charge in [-0.05, 0) is 78.7 Å². The first kappa shape index (κ1) is 24.4. The Balaban J connectivity index is 1.31. The van der Waals surface area contributed by atoms with E-state index < -0.39 is 27.6 Å². The van der Waals surface area contributed by atoms with Crippen molar-refractivity contribution in [3.05, 3.63) is 113 Å². The molecule has 0 unspecified atom stereocenters. The number of sulfone groups is 1. The van der Waals surface area contributed by atoms with Crippen LogP contribution < -0.4 is 4.90 Å². The largest absolute Gasteiger partial charge is 0.277 e. The number of benzene rings is 4. The van der Waals surface area contributed by atoms with Gasteiger partial charge in [-0.2, -0.15) is 0 Å². The van der Waals surface area contributed by atoms with E-state index in [0.29, 0.717) is 16.7 Å². The predicted molar refractivity (Wildman–Crippen MR) is 143 cm³/mol. The van der Waals surface area contributed by atoms with Crippen LogP contribution in [0.25, 0.3) is 11.1 Å². The third kappa shape index (κ3) is 3.70. The number of aryl methyl sites for hydroxylation is 1. The first-order valence-corrected chi connectivity index (χ1v) is 13.5. The highest BCUT2D eigenvalue weighted by atomic mass is 32.2. The van der Waals surface area contributed by atoms with Crippen molar-refractivity contribution in [2.75, 3.05) is 11.9 Å². The molecule has 0 bridgehead atoms. The van der Waals surface area contributed by atoms with Crippen molar-refractivity contribution in [1.29, 1.82) is 0 Å². The minimum Gasteiger partial charge on any atom is -0.277 e. The van der Waals surface area contributed by atoms with E-state index in [1.165, 1.54) is 43.4 Å². The number of hydrogen-bond donors (Lipinski definition) is 0. The number of anilines is 1. The lowest BCUT2D eigenvalue weighted by Crippen LogP contribution is -2.29. The summed E-state index contributed by atoms with van der Waals surface area (Å²) in [6.07, 6.45) is 0. The summed E-state index contributed by atoms with van der Waals surface area (Å²) >= 11 is 0. The standard InChI is InChI=1S/C30H20N2O6S/c1-17-3-9-21(10-4-17)39(37,38)22-11-7-20(8-12-22)32-29(35)24-14-6-19(16-26(24)30(32)36)18-5-13-23-25(15-18)28(34)31(2)27(23)33/h3-16H,1-2H3. The Bertz CT molecular complexity index is 1860. The number of hydrogen-bond acceptors (Lipinski definition) is 6. The highest BCUT2D eigenvalue weighted by molar-refractivity contribution is 7.91. The number of nitrogens with zero attached hydrogens (tertiary/aromatic N) is 2. The van der Waals surface area contributed by atoms with Crippen LogP contribution >= 0.6 is 0 Å². The fourth-order valence-corrected chi connectivity index (χ4v) is 6.08. The lowest BCUT2D eigenvalue weighted by atomic mass is 9.97. The maximum atomic E-state index is 13.3. The third-order valence-corrected chi connectivity index (χ3v) is 8.83. The molecule has 0 fully saturated rings. The monoisotopic (exact) mass is 536 g/mol.